The zero-order valence-electron chi connectivity index (χ0n) is 10.3. The number of halogens is 1. The van der Waals surface area contributed by atoms with E-state index in [9.17, 15) is 9.18 Å². The van der Waals surface area contributed by atoms with E-state index in [-0.39, 0.29) is 12.0 Å². The number of rotatable bonds is 2. The van der Waals surface area contributed by atoms with Gasteiger partial charge in [0.15, 0.2) is 0 Å². The maximum Gasteiger partial charge on any atom is 0.414 e. The minimum atomic E-state index is -0.775. The third-order valence-electron chi connectivity index (χ3n) is 4.12. The van der Waals surface area contributed by atoms with Crippen LogP contribution in [0.4, 0.5) is 9.18 Å². The smallest absolute Gasteiger partial charge is 0.414 e. The van der Waals surface area contributed by atoms with Gasteiger partial charge < -0.3 is 9.64 Å². The monoisotopic (exact) mass is 241 g/mol. The third-order valence-corrected chi connectivity index (χ3v) is 4.12. The van der Waals surface area contributed by atoms with Gasteiger partial charge in [0.2, 0.25) is 0 Å². The highest BCUT2D eigenvalue weighted by Crippen LogP contribution is 2.42. The quantitative estimate of drug-likeness (QED) is 0.696. The lowest BCUT2D eigenvalue weighted by molar-refractivity contribution is -0.00936. The van der Waals surface area contributed by atoms with Gasteiger partial charge in [-0.25, -0.2) is 9.18 Å². The molecule has 1 saturated heterocycles. The SMILES string of the molecule is C=COC(=O)N1CC2CCCC(C1)C2C(C)F. The molecule has 3 unspecified atom stereocenters. The van der Waals surface area contributed by atoms with Crippen LogP contribution in [-0.4, -0.2) is 30.3 Å². The maximum atomic E-state index is 13.6. The first-order valence-corrected chi connectivity index (χ1v) is 6.34. The number of hydrogen-bond acceptors (Lipinski definition) is 2. The van der Waals surface area contributed by atoms with E-state index >= 15 is 0 Å². The second kappa shape index (κ2) is 5.07. The zero-order valence-corrected chi connectivity index (χ0v) is 10.3. The fourth-order valence-corrected chi connectivity index (χ4v) is 3.52. The van der Waals surface area contributed by atoms with Crippen molar-refractivity contribution in [2.24, 2.45) is 17.8 Å². The van der Waals surface area contributed by atoms with Crippen LogP contribution in [0.3, 0.4) is 0 Å². The molecule has 1 amide bonds. The Labute approximate surface area is 102 Å². The van der Waals surface area contributed by atoms with Gasteiger partial charge in [-0.2, -0.15) is 0 Å². The molecule has 96 valence electrons. The molecule has 4 heteroatoms. The molecule has 2 bridgehead atoms. The largest absolute Gasteiger partial charge is 0.419 e. The van der Waals surface area contributed by atoms with Gasteiger partial charge in [0, 0.05) is 13.1 Å². The number of nitrogens with zero attached hydrogens (tertiary/aromatic N) is 1. The molecule has 2 fully saturated rings. The Hall–Kier alpha value is -1.06. The molecule has 0 aromatic rings. The molecular formula is C13H20FNO2. The number of alkyl halides is 1. The first-order chi connectivity index (χ1) is 8.13. The number of likely N-dealkylation sites (tertiary alicyclic amines) is 1. The number of ether oxygens (including phenoxy) is 1. The summed E-state index contributed by atoms with van der Waals surface area (Å²) in [6.07, 6.45) is 3.23. The van der Waals surface area contributed by atoms with Gasteiger partial charge in [0.05, 0.1) is 6.26 Å². The van der Waals surface area contributed by atoms with Crippen molar-refractivity contribution in [2.75, 3.05) is 13.1 Å². The molecule has 0 aromatic carbocycles. The molecular weight excluding hydrogens is 221 g/mol. The molecule has 1 saturated carbocycles. The fourth-order valence-electron chi connectivity index (χ4n) is 3.52. The lowest BCUT2D eigenvalue weighted by Gasteiger charge is -2.47. The Morgan fingerprint density at radius 3 is 2.53 bits per heavy atom. The number of carbonyl (C=O) groups excluding carboxylic acids is 1. The van der Waals surface area contributed by atoms with Crippen LogP contribution in [0.1, 0.15) is 26.2 Å². The third kappa shape index (κ3) is 2.45. The van der Waals surface area contributed by atoms with E-state index in [1.54, 1.807) is 11.8 Å². The molecule has 17 heavy (non-hydrogen) atoms. The topological polar surface area (TPSA) is 29.5 Å². The normalized spacial score (nSPS) is 34.0. The molecule has 2 aliphatic rings. The van der Waals surface area contributed by atoms with E-state index in [0.29, 0.717) is 24.9 Å². The summed E-state index contributed by atoms with van der Waals surface area (Å²) in [4.78, 5) is 13.3. The van der Waals surface area contributed by atoms with Crippen molar-refractivity contribution in [3.63, 3.8) is 0 Å². The number of piperidine rings is 1. The Balaban J connectivity index is 2.06. The highest BCUT2D eigenvalue weighted by Gasteiger charge is 2.43. The van der Waals surface area contributed by atoms with Crippen molar-refractivity contribution in [1.82, 2.24) is 4.90 Å². The number of amides is 1. The van der Waals surface area contributed by atoms with Gasteiger partial charge >= 0.3 is 6.09 Å². The first kappa shape index (κ1) is 12.4. The minimum absolute atomic E-state index is 0.122. The van der Waals surface area contributed by atoms with E-state index in [1.165, 1.54) is 0 Å². The van der Waals surface area contributed by atoms with Gasteiger partial charge in [0.1, 0.15) is 6.17 Å². The maximum absolute atomic E-state index is 13.6. The van der Waals surface area contributed by atoms with Crippen molar-refractivity contribution < 1.29 is 13.9 Å². The lowest BCUT2D eigenvalue weighted by atomic mass is 9.67. The van der Waals surface area contributed by atoms with Crippen LogP contribution in [0.5, 0.6) is 0 Å². The summed E-state index contributed by atoms with van der Waals surface area (Å²) < 4.78 is 18.4. The van der Waals surface area contributed by atoms with Crippen molar-refractivity contribution >= 4 is 6.09 Å². The Bertz CT molecular complexity index is 292. The summed E-state index contributed by atoms with van der Waals surface area (Å²) >= 11 is 0. The van der Waals surface area contributed by atoms with Gasteiger partial charge in [-0.3, -0.25) is 0 Å². The molecule has 2 rings (SSSR count). The Kier molecular flexibility index (Phi) is 3.69. The van der Waals surface area contributed by atoms with Crippen LogP contribution >= 0.6 is 0 Å². The molecule has 1 aliphatic carbocycles. The Morgan fingerprint density at radius 1 is 1.47 bits per heavy atom. The van der Waals surface area contributed by atoms with E-state index in [0.717, 1.165) is 25.5 Å². The number of hydrogen-bond donors (Lipinski definition) is 0. The van der Waals surface area contributed by atoms with Crippen LogP contribution in [0.2, 0.25) is 0 Å². The van der Waals surface area contributed by atoms with Gasteiger partial charge in [0.25, 0.3) is 0 Å². The Morgan fingerprint density at radius 2 is 2.06 bits per heavy atom. The van der Waals surface area contributed by atoms with E-state index in [4.69, 9.17) is 4.74 Å². The van der Waals surface area contributed by atoms with Crippen molar-refractivity contribution in [1.29, 1.82) is 0 Å². The van der Waals surface area contributed by atoms with E-state index < -0.39 is 6.17 Å². The van der Waals surface area contributed by atoms with Crippen LogP contribution < -0.4 is 0 Å². The van der Waals surface area contributed by atoms with Crippen molar-refractivity contribution in [3.8, 4) is 0 Å². The summed E-state index contributed by atoms with van der Waals surface area (Å²) in [6, 6.07) is 0. The zero-order chi connectivity index (χ0) is 12.4. The second-order valence-electron chi connectivity index (χ2n) is 5.16. The predicted octanol–water partition coefficient (Wildman–Crippen LogP) is 2.97. The van der Waals surface area contributed by atoms with Crippen LogP contribution in [0, 0.1) is 17.8 Å². The van der Waals surface area contributed by atoms with Crippen LogP contribution in [0.15, 0.2) is 12.8 Å². The van der Waals surface area contributed by atoms with E-state index in [2.05, 4.69) is 6.58 Å². The second-order valence-corrected chi connectivity index (χ2v) is 5.16. The minimum Gasteiger partial charge on any atom is -0.419 e. The molecule has 1 aliphatic heterocycles. The predicted molar refractivity (Wildman–Crippen MR) is 63.1 cm³/mol. The summed E-state index contributed by atoms with van der Waals surface area (Å²) in [6.45, 7) is 6.28. The standard InChI is InChI=1S/C13H20FNO2/c1-3-17-13(16)15-7-10-5-4-6-11(8-15)12(10)9(2)14/h3,9-12H,1,4-8H2,2H3. The van der Waals surface area contributed by atoms with E-state index in [1.807, 2.05) is 0 Å². The molecule has 3 nitrogen and oxygen atoms in total. The van der Waals surface area contributed by atoms with Crippen LogP contribution in [0.25, 0.3) is 0 Å². The average molecular weight is 241 g/mol. The average Bonchev–Trinajstić information content (AvgIpc) is 2.27. The van der Waals surface area contributed by atoms with Gasteiger partial charge in [-0.15, -0.1) is 0 Å². The molecule has 0 N–H and O–H groups in total. The molecule has 1 heterocycles. The fraction of sp³-hybridized carbons (Fsp3) is 0.769. The lowest BCUT2D eigenvalue weighted by Crippen LogP contribution is -2.52. The summed E-state index contributed by atoms with van der Waals surface area (Å²) in [5, 5.41) is 0. The molecule has 0 radical (unpaired) electrons. The van der Waals surface area contributed by atoms with Gasteiger partial charge in [-0.05, 0) is 37.5 Å². The molecule has 0 aromatic heterocycles. The summed E-state index contributed by atoms with van der Waals surface area (Å²) in [7, 11) is 0. The number of fused-ring (bicyclic) bond motifs is 2. The first-order valence-electron chi connectivity index (χ1n) is 6.34. The van der Waals surface area contributed by atoms with Gasteiger partial charge in [-0.1, -0.05) is 13.0 Å². The summed E-state index contributed by atoms with van der Waals surface area (Å²) in [5.41, 5.74) is 0. The number of carbonyl (C=O) groups is 1. The van der Waals surface area contributed by atoms with Crippen molar-refractivity contribution in [2.45, 2.75) is 32.4 Å². The highest BCUT2D eigenvalue weighted by atomic mass is 19.1. The highest BCUT2D eigenvalue weighted by molar-refractivity contribution is 5.68. The summed E-state index contributed by atoms with van der Waals surface area (Å²) in [5.74, 6) is 0.705. The van der Waals surface area contributed by atoms with Crippen LogP contribution in [-0.2, 0) is 4.74 Å². The molecule has 0 spiro atoms. The molecule has 3 atom stereocenters. The van der Waals surface area contributed by atoms with Crippen molar-refractivity contribution in [3.05, 3.63) is 12.8 Å².